The minimum atomic E-state index is 0.0722. The summed E-state index contributed by atoms with van der Waals surface area (Å²) in [5, 5.41) is 3.35. The predicted octanol–water partition coefficient (Wildman–Crippen LogP) is 0.681. The second kappa shape index (κ2) is 4.94. The summed E-state index contributed by atoms with van der Waals surface area (Å²) in [7, 11) is 2.14. The molecule has 0 aromatic heterocycles. The maximum atomic E-state index is 12.4. The van der Waals surface area contributed by atoms with Gasteiger partial charge in [0.25, 0.3) is 0 Å². The van der Waals surface area contributed by atoms with Gasteiger partial charge in [0.05, 0.1) is 6.04 Å². The highest BCUT2D eigenvalue weighted by molar-refractivity contribution is 5.82. The Bertz CT molecular complexity index is 284. The van der Waals surface area contributed by atoms with Crippen LogP contribution in [0.5, 0.6) is 0 Å². The normalized spacial score (nSPS) is 30.3. The highest BCUT2D eigenvalue weighted by Crippen LogP contribution is 2.20. The molecule has 2 saturated heterocycles. The summed E-state index contributed by atoms with van der Waals surface area (Å²) in [5.74, 6) is 0.311. The van der Waals surface area contributed by atoms with Crippen molar-refractivity contribution in [2.75, 3.05) is 33.2 Å². The number of piperidine rings is 1. The molecule has 1 atom stereocenters. The number of hydrogen-bond acceptors (Lipinski definition) is 3. The Morgan fingerprint density at radius 3 is 2.65 bits per heavy atom. The molecular formula is C13H25N3O. The van der Waals surface area contributed by atoms with Gasteiger partial charge in [-0.2, -0.15) is 0 Å². The molecule has 0 aromatic carbocycles. The number of carbonyl (C=O) groups is 1. The van der Waals surface area contributed by atoms with Crippen molar-refractivity contribution < 1.29 is 4.79 Å². The first-order valence-electron chi connectivity index (χ1n) is 6.74. The molecule has 98 valence electrons. The van der Waals surface area contributed by atoms with E-state index in [0.717, 1.165) is 32.6 Å². The highest BCUT2D eigenvalue weighted by Gasteiger charge is 2.35. The maximum absolute atomic E-state index is 12.4. The molecule has 1 amide bonds. The Labute approximate surface area is 104 Å². The molecule has 0 bridgehead atoms. The van der Waals surface area contributed by atoms with Crippen LogP contribution >= 0.6 is 0 Å². The summed E-state index contributed by atoms with van der Waals surface area (Å²) in [6, 6.07) is 0.0722. The third-order valence-corrected chi connectivity index (χ3v) is 4.24. The van der Waals surface area contributed by atoms with Crippen molar-refractivity contribution in [2.24, 2.45) is 0 Å². The van der Waals surface area contributed by atoms with Crippen LogP contribution in [-0.2, 0) is 4.79 Å². The van der Waals surface area contributed by atoms with Crippen LogP contribution in [0.25, 0.3) is 0 Å². The standard InChI is InChI=1S/C13H25N3O/c1-13(2)10-16(9-8-15(13)3)12(17)11-6-4-5-7-14-11/h11,14H,4-10H2,1-3H3. The Balaban J connectivity index is 1.95. The van der Waals surface area contributed by atoms with Crippen LogP contribution in [0.2, 0.25) is 0 Å². The third-order valence-electron chi connectivity index (χ3n) is 4.24. The van der Waals surface area contributed by atoms with Crippen molar-refractivity contribution in [3.63, 3.8) is 0 Å². The lowest BCUT2D eigenvalue weighted by molar-refractivity contribution is -0.138. The minimum Gasteiger partial charge on any atom is -0.338 e. The van der Waals surface area contributed by atoms with Crippen LogP contribution in [0.3, 0.4) is 0 Å². The van der Waals surface area contributed by atoms with Gasteiger partial charge in [-0.15, -0.1) is 0 Å². The van der Waals surface area contributed by atoms with Gasteiger partial charge in [0.2, 0.25) is 5.91 Å². The van der Waals surface area contributed by atoms with E-state index in [-0.39, 0.29) is 11.6 Å². The average molecular weight is 239 g/mol. The lowest BCUT2D eigenvalue weighted by atomic mass is 9.97. The Hall–Kier alpha value is -0.610. The van der Waals surface area contributed by atoms with Gasteiger partial charge in [-0.1, -0.05) is 6.42 Å². The molecule has 4 nitrogen and oxygen atoms in total. The monoisotopic (exact) mass is 239 g/mol. The molecule has 17 heavy (non-hydrogen) atoms. The first kappa shape index (κ1) is 12.8. The van der Waals surface area contributed by atoms with E-state index >= 15 is 0 Å². The summed E-state index contributed by atoms with van der Waals surface area (Å²) >= 11 is 0. The second-order valence-electron chi connectivity index (χ2n) is 6.00. The van der Waals surface area contributed by atoms with Gasteiger partial charge in [0, 0.05) is 25.2 Å². The second-order valence-corrected chi connectivity index (χ2v) is 6.00. The van der Waals surface area contributed by atoms with Gasteiger partial charge in [0.15, 0.2) is 0 Å². The number of amides is 1. The molecule has 2 heterocycles. The fourth-order valence-corrected chi connectivity index (χ4v) is 2.71. The van der Waals surface area contributed by atoms with Gasteiger partial charge < -0.3 is 10.2 Å². The fraction of sp³-hybridized carbons (Fsp3) is 0.923. The molecule has 2 aliphatic rings. The smallest absolute Gasteiger partial charge is 0.239 e. The van der Waals surface area contributed by atoms with Crippen molar-refractivity contribution >= 4 is 5.91 Å². The number of nitrogens with zero attached hydrogens (tertiary/aromatic N) is 2. The number of likely N-dealkylation sites (N-methyl/N-ethyl adjacent to an activating group) is 1. The van der Waals surface area contributed by atoms with E-state index in [1.165, 1.54) is 12.8 Å². The molecule has 2 rings (SSSR count). The topological polar surface area (TPSA) is 35.6 Å². The zero-order chi connectivity index (χ0) is 12.5. The summed E-state index contributed by atoms with van der Waals surface area (Å²) in [6.07, 6.45) is 3.39. The van der Waals surface area contributed by atoms with Crippen LogP contribution in [0.15, 0.2) is 0 Å². The molecule has 1 N–H and O–H groups in total. The zero-order valence-electron chi connectivity index (χ0n) is 11.3. The summed E-state index contributed by atoms with van der Waals surface area (Å²) < 4.78 is 0. The number of rotatable bonds is 1. The van der Waals surface area contributed by atoms with Gasteiger partial charge in [-0.05, 0) is 40.3 Å². The lowest BCUT2D eigenvalue weighted by Gasteiger charge is -2.46. The van der Waals surface area contributed by atoms with Crippen LogP contribution in [0.1, 0.15) is 33.1 Å². The Kier molecular flexibility index (Phi) is 3.73. The Morgan fingerprint density at radius 2 is 2.06 bits per heavy atom. The quantitative estimate of drug-likeness (QED) is 0.731. The molecule has 0 aliphatic carbocycles. The molecule has 2 aliphatic heterocycles. The van der Waals surface area contributed by atoms with Gasteiger partial charge >= 0.3 is 0 Å². The van der Waals surface area contributed by atoms with E-state index in [1.807, 2.05) is 4.90 Å². The molecule has 0 radical (unpaired) electrons. The largest absolute Gasteiger partial charge is 0.338 e. The Morgan fingerprint density at radius 1 is 1.29 bits per heavy atom. The first-order valence-corrected chi connectivity index (χ1v) is 6.74. The van der Waals surface area contributed by atoms with Crippen molar-refractivity contribution in [2.45, 2.75) is 44.7 Å². The minimum absolute atomic E-state index is 0.0722. The molecule has 1 unspecified atom stereocenters. The molecule has 0 aromatic rings. The van der Waals surface area contributed by atoms with Crippen molar-refractivity contribution in [3.05, 3.63) is 0 Å². The van der Waals surface area contributed by atoms with Crippen molar-refractivity contribution in [1.29, 1.82) is 0 Å². The van der Waals surface area contributed by atoms with Gasteiger partial charge in [-0.3, -0.25) is 9.69 Å². The fourth-order valence-electron chi connectivity index (χ4n) is 2.71. The molecule has 2 fully saturated rings. The lowest BCUT2D eigenvalue weighted by Crippen LogP contribution is -2.61. The van der Waals surface area contributed by atoms with Crippen LogP contribution in [0, 0.1) is 0 Å². The number of hydrogen-bond donors (Lipinski definition) is 1. The molecular weight excluding hydrogens is 214 g/mol. The number of piperazine rings is 1. The number of nitrogens with one attached hydrogen (secondary N) is 1. The van der Waals surface area contributed by atoms with Crippen LogP contribution in [0.4, 0.5) is 0 Å². The summed E-state index contributed by atoms with van der Waals surface area (Å²) in [6.45, 7) is 8.11. The van der Waals surface area contributed by atoms with Gasteiger partial charge in [0.1, 0.15) is 0 Å². The van der Waals surface area contributed by atoms with Crippen LogP contribution in [-0.4, -0.2) is 60.5 Å². The summed E-state index contributed by atoms with van der Waals surface area (Å²) in [4.78, 5) is 16.8. The van der Waals surface area contributed by atoms with Crippen molar-refractivity contribution in [1.82, 2.24) is 15.1 Å². The first-order chi connectivity index (χ1) is 8.00. The summed E-state index contributed by atoms with van der Waals surface area (Å²) in [5.41, 5.74) is 0.0998. The van der Waals surface area contributed by atoms with E-state index < -0.39 is 0 Å². The SMILES string of the molecule is CN1CCN(C(=O)C2CCCCN2)CC1(C)C. The maximum Gasteiger partial charge on any atom is 0.239 e. The van der Waals surface area contributed by atoms with E-state index in [9.17, 15) is 4.79 Å². The predicted molar refractivity (Wildman–Crippen MR) is 68.9 cm³/mol. The van der Waals surface area contributed by atoms with E-state index in [1.54, 1.807) is 0 Å². The van der Waals surface area contributed by atoms with Crippen LogP contribution < -0.4 is 5.32 Å². The van der Waals surface area contributed by atoms with E-state index in [0.29, 0.717) is 5.91 Å². The number of carbonyl (C=O) groups excluding carboxylic acids is 1. The van der Waals surface area contributed by atoms with Gasteiger partial charge in [-0.25, -0.2) is 0 Å². The molecule has 0 saturated carbocycles. The molecule has 4 heteroatoms. The highest BCUT2D eigenvalue weighted by atomic mass is 16.2. The van der Waals surface area contributed by atoms with Crippen molar-refractivity contribution in [3.8, 4) is 0 Å². The van der Waals surface area contributed by atoms with E-state index in [4.69, 9.17) is 0 Å². The molecule has 0 spiro atoms. The third kappa shape index (κ3) is 2.80. The van der Waals surface area contributed by atoms with E-state index in [2.05, 4.69) is 31.1 Å². The zero-order valence-corrected chi connectivity index (χ0v) is 11.3. The average Bonchev–Trinajstić information content (AvgIpc) is 2.33.